The molecule has 0 spiro atoms. The van der Waals surface area contributed by atoms with E-state index in [1.54, 1.807) is 48.5 Å². The van der Waals surface area contributed by atoms with Crippen molar-refractivity contribution < 1.29 is 4.79 Å². The van der Waals surface area contributed by atoms with Gasteiger partial charge in [-0.25, -0.2) is 0 Å². The van der Waals surface area contributed by atoms with Crippen LogP contribution < -0.4 is 16.8 Å². The number of nitrogens with one attached hydrogen (secondary N) is 1. The molecule has 6 nitrogen and oxygen atoms in total. The first-order valence-electron chi connectivity index (χ1n) is 7.28. The average Bonchev–Trinajstić information content (AvgIpc) is 2.91. The number of nitrogen functional groups attached to an aromatic ring is 2. The quantitative estimate of drug-likeness (QED) is 0.611. The molecular weight excluding hydrogens is 358 g/mol. The van der Waals surface area contributed by atoms with Crippen molar-refractivity contribution in [2.75, 3.05) is 16.8 Å². The highest BCUT2D eigenvalue weighted by atomic mass is 35.5. The van der Waals surface area contributed by atoms with Crippen molar-refractivity contribution in [3.05, 3.63) is 70.7 Å². The molecule has 5 N–H and O–H groups in total. The van der Waals surface area contributed by atoms with E-state index in [1.165, 1.54) is 0 Å². The summed E-state index contributed by atoms with van der Waals surface area (Å²) in [4.78, 5) is 12.8. The Kier molecular flexibility index (Phi) is 4.69. The summed E-state index contributed by atoms with van der Waals surface area (Å²) in [5, 5.41) is 7.65. The van der Waals surface area contributed by atoms with Crippen molar-refractivity contribution in [3.63, 3.8) is 0 Å². The zero-order chi connectivity index (χ0) is 18.0. The second-order valence-electron chi connectivity index (χ2n) is 5.19. The van der Waals surface area contributed by atoms with Gasteiger partial charge in [-0.3, -0.25) is 4.79 Å². The molecule has 0 saturated heterocycles. The summed E-state index contributed by atoms with van der Waals surface area (Å²) < 4.78 is 1.05. The van der Waals surface area contributed by atoms with Gasteiger partial charge in [0, 0.05) is 16.3 Å². The van der Waals surface area contributed by atoms with E-state index < -0.39 is 0 Å². The van der Waals surface area contributed by atoms with Crippen LogP contribution in [-0.2, 0) is 0 Å². The van der Waals surface area contributed by atoms with Crippen molar-refractivity contribution in [3.8, 4) is 0 Å². The number of hydrogen-bond acceptors (Lipinski definition) is 5. The Balaban J connectivity index is 1.90. The minimum absolute atomic E-state index is 0.0771. The number of benzene rings is 2. The summed E-state index contributed by atoms with van der Waals surface area (Å²) >= 11 is 11.2. The van der Waals surface area contributed by atoms with Crippen LogP contribution in [0, 0.1) is 0 Å². The first-order chi connectivity index (χ1) is 12.0. The summed E-state index contributed by atoms with van der Waals surface area (Å²) in [5.41, 5.74) is 13.5. The molecule has 0 radical (unpaired) electrons. The Morgan fingerprint density at radius 2 is 1.72 bits per heavy atom. The van der Waals surface area contributed by atoms with Gasteiger partial charge < -0.3 is 16.8 Å². The second kappa shape index (κ2) is 6.92. The molecule has 0 fully saturated rings. The van der Waals surface area contributed by atoms with Crippen molar-refractivity contribution in [1.82, 2.24) is 9.78 Å². The highest BCUT2D eigenvalue weighted by Crippen LogP contribution is 2.23. The normalized spacial score (nSPS) is 10.4. The van der Waals surface area contributed by atoms with Crippen LogP contribution in [0.5, 0.6) is 0 Å². The van der Waals surface area contributed by atoms with Gasteiger partial charge in [-0.2, -0.15) is 4.68 Å². The molecule has 0 bridgehead atoms. The van der Waals surface area contributed by atoms with Gasteiger partial charge in [0.15, 0.2) is 5.82 Å². The molecule has 0 amide bonds. The van der Waals surface area contributed by atoms with Gasteiger partial charge in [0.2, 0.25) is 0 Å². The molecule has 25 heavy (non-hydrogen) atoms. The van der Waals surface area contributed by atoms with E-state index in [0.717, 1.165) is 10.4 Å². The summed E-state index contributed by atoms with van der Waals surface area (Å²) in [6.07, 6.45) is 0. The molecular formula is C17H14ClN5OS. The molecule has 3 aromatic rings. The van der Waals surface area contributed by atoms with E-state index in [9.17, 15) is 4.79 Å². The first kappa shape index (κ1) is 16.9. The van der Waals surface area contributed by atoms with Gasteiger partial charge in [0.05, 0.1) is 5.56 Å². The van der Waals surface area contributed by atoms with Crippen LogP contribution in [-0.4, -0.2) is 20.7 Å². The summed E-state index contributed by atoms with van der Waals surface area (Å²) in [5.74, 6) is -0.226. The summed E-state index contributed by atoms with van der Waals surface area (Å²) in [7, 11) is 0. The van der Waals surface area contributed by atoms with Crippen molar-refractivity contribution in [1.29, 1.82) is 0 Å². The van der Waals surface area contributed by atoms with Gasteiger partial charge in [0.25, 0.3) is 5.91 Å². The average molecular weight is 372 g/mol. The largest absolute Gasteiger partial charge is 0.383 e. The molecule has 0 saturated carbocycles. The lowest BCUT2D eigenvalue weighted by Crippen LogP contribution is -2.18. The molecule has 1 aromatic heterocycles. The Labute approximate surface area is 154 Å². The number of nitrogens with two attached hydrogens (primary N) is 2. The fourth-order valence-corrected chi connectivity index (χ4v) is 2.72. The van der Waals surface area contributed by atoms with Crippen LogP contribution in [0.15, 0.2) is 54.6 Å². The summed E-state index contributed by atoms with van der Waals surface area (Å²) in [6, 6.07) is 15.6. The number of thiocarbonyl (C=S) groups is 1. The smallest absolute Gasteiger partial charge is 0.280 e. The molecule has 0 aliphatic heterocycles. The SMILES string of the molecule is Nc1nn(C(=O)c2ccccc2)c(N)c1C(=S)Nc1ccc(Cl)cc1. The van der Waals surface area contributed by atoms with E-state index in [1.807, 2.05) is 6.07 Å². The Morgan fingerprint density at radius 3 is 2.36 bits per heavy atom. The van der Waals surface area contributed by atoms with Gasteiger partial charge in [-0.05, 0) is 36.4 Å². The Hall–Kier alpha value is -2.90. The lowest BCUT2D eigenvalue weighted by atomic mass is 10.2. The number of halogens is 1. The number of nitrogens with zero attached hydrogens (tertiary/aromatic N) is 2. The third-order valence-corrected chi connectivity index (χ3v) is 4.05. The number of carbonyl (C=O) groups excluding carboxylic acids is 1. The molecule has 1 heterocycles. The monoisotopic (exact) mass is 371 g/mol. The molecule has 8 heteroatoms. The zero-order valence-electron chi connectivity index (χ0n) is 12.9. The Morgan fingerprint density at radius 1 is 1.08 bits per heavy atom. The van der Waals surface area contributed by atoms with E-state index in [2.05, 4.69) is 10.4 Å². The molecule has 126 valence electrons. The van der Waals surface area contributed by atoms with E-state index in [0.29, 0.717) is 16.1 Å². The van der Waals surface area contributed by atoms with E-state index in [4.69, 9.17) is 35.3 Å². The predicted octanol–water partition coefficient (Wildman–Crippen LogP) is 3.18. The number of aromatic nitrogens is 2. The van der Waals surface area contributed by atoms with Gasteiger partial charge in [-0.1, -0.05) is 42.0 Å². The number of hydrogen-bond donors (Lipinski definition) is 3. The minimum Gasteiger partial charge on any atom is -0.383 e. The van der Waals surface area contributed by atoms with Crippen LogP contribution in [0.25, 0.3) is 0 Å². The second-order valence-corrected chi connectivity index (χ2v) is 6.03. The highest BCUT2D eigenvalue weighted by Gasteiger charge is 2.22. The topological polar surface area (TPSA) is 99.0 Å². The van der Waals surface area contributed by atoms with Crippen LogP contribution in [0.1, 0.15) is 15.9 Å². The lowest BCUT2D eigenvalue weighted by molar-refractivity contribution is 0.0948. The molecule has 0 unspecified atom stereocenters. The Bertz CT molecular complexity index is 938. The number of anilines is 3. The van der Waals surface area contributed by atoms with Crippen molar-refractivity contribution in [2.45, 2.75) is 0 Å². The maximum absolute atomic E-state index is 12.5. The first-order valence-corrected chi connectivity index (χ1v) is 8.06. The van der Waals surface area contributed by atoms with Gasteiger partial charge in [0.1, 0.15) is 10.8 Å². The predicted molar refractivity (Wildman–Crippen MR) is 104 cm³/mol. The fraction of sp³-hybridized carbons (Fsp3) is 0. The maximum Gasteiger partial charge on any atom is 0.280 e. The molecule has 0 aliphatic carbocycles. The zero-order valence-corrected chi connectivity index (χ0v) is 14.5. The van der Waals surface area contributed by atoms with Gasteiger partial charge in [-0.15, -0.1) is 5.10 Å². The van der Waals surface area contributed by atoms with Crippen LogP contribution >= 0.6 is 23.8 Å². The number of carbonyl (C=O) groups is 1. The van der Waals surface area contributed by atoms with Crippen LogP contribution in [0.2, 0.25) is 5.02 Å². The van der Waals surface area contributed by atoms with E-state index >= 15 is 0 Å². The fourth-order valence-electron chi connectivity index (χ4n) is 2.27. The van der Waals surface area contributed by atoms with Gasteiger partial charge >= 0.3 is 0 Å². The van der Waals surface area contributed by atoms with E-state index in [-0.39, 0.29) is 22.5 Å². The summed E-state index contributed by atoms with van der Waals surface area (Å²) in [6.45, 7) is 0. The van der Waals surface area contributed by atoms with Crippen LogP contribution in [0.4, 0.5) is 17.3 Å². The lowest BCUT2D eigenvalue weighted by Gasteiger charge is -2.08. The van der Waals surface area contributed by atoms with Crippen molar-refractivity contribution in [2.24, 2.45) is 0 Å². The molecule has 2 aromatic carbocycles. The van der Waals surface area contributed by atoms with Crippen LogP contribution in [0.3, 0.4) is 0 Å². The highest BCUT2D eigenvalue weighted by molar-refractivity contribution is 7.81. The third-order valence-electron chi connectivity index (χ3n) is 3.49. The molecule has 3 rings (SSSR count). The van der Waals surface area contributed by atoms with Crippen molar-refractivity contribution >= 4 is 52.0 Å². The molecule has 0 atom stereocenters. The third kappa shape index (κ3) is 3.47. The number of rotatable bonds is 3. The standard InChI is InChI=1S/C17H14ClN5OS/c18-11-6-8-12(9-7-11)21-16(25)13-14(19)22-23(15(13)20)17(24)10-4-2-1-3-5-10/h1-9H,20H2,(H2,19,22)(H,21,25). The minimum atomic E-state index is -0.384. The maximum atomic E-state index is 12.5. The molecule has 0 aliphatic rings.